The van der Waals surface area contributed by atoms with Gasteiger partial charge in [-0.05, 0) is 48.4 Å². The minimum absolute atomic E-state index is 0.0173. The SMILES string of the molecule is CCOC(=O)c1c(CN(Cc2cc(C(F)(F)F)cc(C(F)(F)F)c2)c2nnn(C)n2)c2ccccc2n1C(=O)C1=CC1. The molecule has 1 aliphatic rings. The highest BCUT2D eigenvalue weighted by Gasteiger charge is 2.37. The Balaban J connectivity index is 1.67. The van der Waals surface area contributed by atoms with Crippen molar-refractivity contribution >= 4 is 28.7 Å². The van der Waals surface area contributed by atoms with Crippen LogP contribution in [0, 0.1) is 0 Å². The summed E-state index contributed by atoms with van der Waals surface area (Å²) in [6, 6.07) is 7.85. The quantitative estimate of drug-likeness (QED) is 0.195. The smallest absolute Gasteiger partial charge is 0.416 e. The van der Waals surface area contributed by atoms with Gasteiger partial charge in [0.2, 0.25) is 0 Å². The standard InChI is InChI=1S/C27H22F6N6O3/c1-3-42-24(41)22-20(19-6-4-5-7-21(19)39(22)23(40)16-8-9-16)14-38(25-34-36-37(2)35-25)13-15-10-17(26(28,29)30)12-18(11-15)27(31,32)33/h4-8,10-12H,3,9,13-14H2,1-2H3. The van der Waals surface area contributed by atoms with E-state index in [0.29, 0.717) is 35.0 Å². The first kappa shape index (κ1) is 28.8. The molecule has 0 aliphatic heterocycles. The molecule has 42 heavy (non-hydrogen) atoms. The fourth-order valence-electron chi connectivity index (χ4n) is 4.58. The predicted molar refractivity (Wildman–Crippen MR) is 136 cm³/mol. The molecule has 0 unspecified atom stereocenters. The van der Waals surface area contributed by atoms with E-state index in [9.17, 15) is 35.9 Å². The van der Waals surface area contributed by atoms with Gasteiger partial charge in [-0.3, -0.25) is 9.36 Å². The van der Waals surface area contributed by atoms with E-state index in [2.05, 4.69) is 15.4 Å². The summed E-state index contributed by atoms with van der Waals surface area (Å²) in [5.41, 5.74) is -2.33. The van der Waals surface area contributed by atoms with Crippen LogP contribution in [0.2, 0.25) is 0 Å². The first-order chi connectivity index (χ1) is 19.8. The van der Waals surface area contributed by atoms with Gasteiger partial charge >= 0.3 is 18.3 Å². The van der Waals surface area contributed by atoms with Crippen LogP contribution in [-0.2, 0) is 37.2 Å². The van der Waals surface area contributed by atoms with Crippen molar-refractivity contribution in [2.75, 3.05) is 11.5 Å². The van der Waals surface area contributed by atoms with Crippen molar-refractivity contribution in [2.24, 2.45) is 7.05 Å². The van der Waals surface area contributed by atoms with Crippen molar-refractivity contribution in [2.45, 2.75) is 38.8 Å². The molecule has 2 heterocycles. The molecular weight excluding hydrogens is 570 g/mol. The van der Waals surface area contributed by atoms with Crippen molar-refractivity contribution < 1.29 is 40.7 Å². The van der Waals surface area contributed by atoms with Crippen LogP contribution in [0.25, 0.3) is 10.9 Å². The maximum Gasteiger partial charge on any atom is 0.416 e. The zero-order valence-corrected chi connectivity index (χ0v) is 22.1. The number of hydrogen-bond donors (Lipinski definition) is 0. The average Bonchev–Trinajstić information content (AvgIpc) is 3.60. The number of aryl methyl sites for hydroxylation is 1. The van der Waals surface area contributed by atoms with Crippen molar-refractivity contribution in [1.29, 1.82) is 0 Å². The molecule has 0 fully saturated rings. The number of rotatable bonds is 8. The topological polar surface area (TPSA) is 95.1 Å². The fraction of sp³-hybridized carbons (Fsp3) is 0.296. The van der Waals surface area contributed by atoms with Gasteiger partial charge in [-0.1, -0.05) is 29.4 Å². The number of carbonyl (C=O) groups is 2. The van der Waals surface area contributed by atoms with E-state index < -0.39 is 41.9 Å². The van der Waals surface area contributed by atoms with Gasteiger partial charge in [-0.25, -0.2) is 4.79 Å². The summed E-state index contributed by atoms with van der Waals surface area (Å²) in [7, 11) is 1.43. The van der Waals surface area contributed by atoms with Crippen LogP contribution in [0.4, 0.5) is 32.3 Å². The van der Waals surface area contributed by atoms with Crippen molar-refractivity contribution in [3.8, 4) is 0 Å². The van der Waals surface area contributed by atoms with E-state index in [1.807, 2.05) is 0 Å². The highest BCUT2D eigenvalue weighted by molar-refractivity contribution is 6.11. The van der Waals surface area contributed by atoms with E-state index in [1.165, 1.54) is 16.5 Å². The number of hydrogen-bond acceptors (Lipinski definition) is 7. The van der Waals surface area contributed by atoms with Crippen molar-refractivity contribution in [3.63, 3.8) is 0 Å². The number of fused-ring (bicyclic) bond motifs is 1. The highest BCUT2D eigenvalue weighted by atomic mass is 19.4. The molecule has 15 heteroatoms. The molecule has 0 saturated heterocycles. The molecule has 0 saturated carbocycles. The summed E-state index contributed by atoms with van der Waals surface area (Å²) >= 11 is 0. The first-order valence-corrected chi connectivity index (χ1v) is 12.6. The predicted octanol–water partition coefficient (Wildman–Crippen LogP) is 5.56. The average molecular weight is 592 g/mol. The second kappa shape index (κ2) is 10.6. The number of para-hydroxylation sites is 1. The maximum absolute atomic E-state index is 13.6. The van der Waals surface area contributed by atoms with Gasteiger partial charge in [0.25, 0.3) is 11.9 Å². The summed E-state index contributed by atoms with van der Waals surface area (Å²) < 4.78 is 87.9. The van der Waals surface area contributed by atoms with Crippen LogP contribution in [0.1, 0.15) is 50.9 Å². The largest absolute Gasteiger partial charge is 0.461 e. The lowest BCUT2D eigenvalue weighted by molar-refractivity contribution is -0.143. The van der Waals surface area contributed by atoms with Crippen LogP contribution in [0.3, 0.4) is 0 Å². The summed E-state index contributed by atoms with van der Waals surface area (Å²) in [5.74, 6) is -1.41. The Labute approximate surface area is 234 Å². The zero-order chi connectivity index (χ0) is 30.4. The molecule has 220 valence electrons. The van der Waals surface area contributed by atoms with Crippen LogP contribution in [0.15, 0.2) is 54.1 Å². The number of ether oxygens (including phenoxy) is 1. The normalized spacial score (nSPS) is 13.3. The molecular formula is C27H22F6N6O3. The van der Waals surface area contributed by atoms with Gasteiger partial charge in [-0.2, -0.15) is 31.1 Å². The number of nitrogens with zero attached hydrogens (tertiary/aromatic N) is 6. The number of anilines is 1. The number of alkyl halides is 6. The Bertz CT molecular complexity index is 1690. The number of allylic oxidation sites excluding steroid dienone is 2. The lowest BCUT2D eigenvalue weighted by Crippen LogP contribution is -2.26. The van der Waals surface area contributed by atoms with E-state index in [4.69, 9.17) is 4.74 Å². The van der Waals surface area contributed by atoms with E-state index in [1.54, 1.807) is 37.3 Å². The summed E-state index contributed by atoms with van der Waals surface area (Å²) in [5, 5.41) is 12.2. The first-order valence-electron chi connectivity index (χ1n) is 12.6. The monoisotopic (exact) mass is 592 g/mol. The Hall–Kier alpha value is -4.69. The number of halogens is 6. The van der Waals surface area contributed by atoms with E-state index >= 15 is 0 Å². The molecule has 0 atom stereocenters. The summed E-state index contributed by atoms with van der Waals surface area (Å²) in [6.45, 7) is 0.741. The molecule has 0 radical (unpaired) electrons. The molecule has 0 amide bonds. The third-order valence-electron chi connectivity index (χ3n) is 6.48. The molecule has 9 nitrogen and oxygen atoms in total. The van der Waals surface area contributed by atoms with Gasteiger partial charge in [-0.15, -0.1) is 5.10 Å². The second-order valence-electron chi connectivity index (χ2n) is 9.49. The summed E-state index contributed by atoms with van der Waals surface area (Å²) in [6.07, 6.45) is -7.97. The van der Waals surface area contributed by atoms with Crippen LogP contribution >= 0.6 is 0 Å². The minimum Gasteiger partial charge on any atom is -0.461 e. The summed E-state index contributed by atoms with van der Waals surface area (Å²) in [4.78, 5) is 28.9. The van der Waals surface area contributed by atoms with E-state index in [-0.39, 0.29) is 42.0 Å². The lowest BCUT2D eigenvalue weighted by Gasteiger charge is -2.23. The Morgan fingerprint density at radius 2 is 1.64 bits per heavy atom. The Morgan fingerprint density at radius 1 is 1.00 bits per heavy atom. The minimum atomic E-state index is -5.05. The third-order valence-corrected chi connectivity index (χ3v) is 6.48. The van der Waals surface area contributed by atoms with Crippen LogP contribution < -0.4 is 4.90 Å². The van der Waals surface area contributed by atoms with Gasteiger partial charge in [0.05, 0.1) is 30.3 Å². The number of carbonyl (C=O) groups excluding carboxylic acids is 2. The van der Waals surface area contributed by atoms with Crippen molar-refractivity contribution in [1.82, 2.24) is 24.8 Å². The zero-order valence-electron chi connectivity index (χ0n) is 22.1. The van der Waals surface area contributed by atoms with Gasteiger partial charge in [0, 0.05) is 29.6 Å². The lowest BCUT2D eigenvalue weighted by atomic mass is 10.0. The molecule has 0 spiro atoms. The van der Waals surface area contributed by atoms with Gasteiger partial charge in [0.15, 0.2) is 0 Å². The van der Waals surface area contributed by atoms with E-state index in [0.717, 1.165) is 4.80 Å². The van der Waals surface area contributed by atoms with Crippen LogP contribution in [0.5, 0.6) is 0 Å². The van der Waals surface area contributed by atoms with Crippen molar-refractivity contribution in [3.05, 3.63) is 82.1 Å². The third kappa shape index (κ3) is 5.71. The highest BCUT2D eigenvalue weighted by Crippen LogP contribution is 2.37. The second-order valence-corrected chi connectivity index (χ2v) is 9.49. The van der Waals surface area contributed by atoms with Crippen LogP contribution in [-0.4, -0.2) is 43.3 Å². The number of aromatic nitrogens is 5. The van der Waals surface area contributed by atoms with Gasteiger partial charge < -0.3 is 9.64 Å². The molecule has 0 N–H and O–H groups in total. The molecule has 0 bridgehead atoms. The fourth-order valence-corrected chi connectivity index (χ4v) is 4.58. The number of tetrazole rings is 1. The molecule has 4 aromatic rings. The number of esters is 1. The molecule has 2 aromatic carbocycles. The molecule has 2 aromatic heterocycles. The Morgan fingerprint density at radius 3 is 2.19 bits per heavy atom. The van der Waals surface area contributed by atoms with Gasteiger partial charge in [0.1, 0.15) is 5.69 Å². The number of benzene rings is 2. The maximum atomic E-state index is 13.6. The molecule has 1 aliphatic carbocycles. The molecule has 5 rings (SSSR count). The Kier molecular flexibility index (Phi) is 7.28.